The monoisotopic (exact) mass is 410 g/mol. The van der Waals surface area contributed by atoms with Gasteiger partial charge in [-0.1, -0.05) is 18.2 Å². The topological polar surface area (TPSA) is 58.6 Å². The number of hydrogen-bond acceptors (Lipinski definition) is 3. The summed E-state index contributed by atoms with van der Waals surface area (Å²) in [7, 11) is 1.67. The number of amides is 2. The zero-order chi connectivity index (χ0) is 20.7. The minimum Gasteiger partial charge on any atom is -0.496 e. The molecular weight excluding hydrogens is 376 g/mol. The quantitative estimate of drug-likeness (QED) is 0.780. The van der Waals surface area contributed by atoms with Crippen LogP contribution in [0.15, 0.2) is 24.3 Å². The largest absolute Gasteiger partial charge is 0.496 e. The number of likely N-dealkylation sites (tertiary alicyclic amines) is 1. The van der Waals surface area contributed by atoms with Gasteiger partial charge >= 0.3 is 0 Å². The third-order valence-electron chi connectivity index (χ3n) is 8.19. The number of benzene rings is 1. The van der Waals surface area contributed by atoms with Crippen LogP contribution in [-0.2, 0) is 16.0 Å². The molecule has 5 aliphatic rings. The molecule has 0 radical (unpaired) electrons. The summed E-state index contributed by atoms with van der Waals surface area (Å²) in [6, 6.07) is 7.63. The fourth-order valence-electron chi connectivity index (χ4n) is 7.31. The third kappa shape index (κ3) is 3.50. The number of para-hydroxylation sites is 1. The molecule has 1 aromatic rings. The molecule has 1 atom stereocenters. The van der Waals surface area contributed by atoms with Gasteiger partial charge in [-0.3, -0.25) is 9.59 Å². The number of carbonyl (C=O) groups excluding carboxylic acids is 2. The van der Waals surface area contributed by atoms with E-state index >= 15 is 0 Å². The van der Waals surface area contributed by atoms with Gasteiger partial charge in [0.05, 0.1) is 12.5 Å². The van der Waals surface area contributed by atoms with Gasteiger partial charge in [-0.05, 0) is 87.2 Å². The van der Waals surface area contributed by atoms with Gasteiger partial charge in [-0.15, -0.1) is 0 Å². The summed E-state index contributed by atoms with van der Waals surface area (Å²) in [6.45, 7) is 1.31. The van der Waals surface area contributed by atoms with Crippen LogP contribution in [0.1, 0.15) is 56.9 Å². The highest BCUT2D eigenvalue weighted by molar-refractivity contribution is 5.91. The van der Waals surface area contributed by atoms with Crippen LogP contribution >= 0.6 is 0 Å². The van der Waals surface area contributed by atoms with E-state index in [1.54, 1.807) is 7.11 Å². The maximum atomic E-state index is 13.7. The molecule has 6 rings (SSSR count). The molecule has 4 aliphatic carbocycles. The number of carbonyl (C=O) groups is 2. The summed E-state index contributed by atoms with van der Waals surface area (Å²) in [5, 5.41) is 3.09. The van der Waals surface area contributed by atoms with Crippen LogP contribution in [0.4, 0.5) is 0 Å². The van der Waals surface area contributed by atoms with Crippen molar-refractivity contribution in [3.8, 4) is 5.75 Å². The minimum atomic E-state index is -0.289. The maximum absolute atomic E-state index is 13.7. The summed E-state index contributed by atoms with van der Waals surface area (Å²) < 4.78 is 5.40. The Kier molecular flexibility index (Phi) is 5.24. The first kappa shape index (κ1) is 19.9. The van der Waals surface area contributed by atoms with Gasteiger partial charge in [0.2, 0.25) is 11.8 Å². The number of nitrogens with zero attached hydrogens (tertiary/aromatic N) is 1. The predicted octanol–water partition coefficient (Wildman–Crippen LogP) is 3.56. The summed E-state index contributed by atoms with van der Waals surface area (Å²) in [6.07, 6.45) is 9.65. The van der Waals surface area contributed by atoms with E-state index in [-0.39, 0.29) is 17.4 Å². The lowest BCUT2D eigenvalue weighted by Crippen LogP contribution is -2.57. The van der Waals surface area contributed by atoms with Crippen molar-refractivity contribution in [1.82, 2.24) is 10.2 Å². The molecule has 2 amide bonds. The standard InChI is InChI=1S/C25H34N2O3/c1-30-22-7-3-2-5-20(22)8-9-26-23(28)21-6-4-10-27(21)24(29)25-14-17-11-18(15-25)13-19(12-17)16-25/h2-3,5,7,17-19,21H,4,6,8-16H2,1H3,(H,26,28)/t17?,18?,19?,21-,25?/m0/s1. The van der Waals surface area contributed by atoms with Crippen molar-refractivity contribution in [2.75, 3.05) is 20.2 Å². The number of ether oxygens (including phenoxy) is 1. The number of methoxy groups -OCH3 is 1. The molecule has 1 heterocycles. The van der Waals surface area contributed by atoms with Crippen LogP contribution in [0.3, 0.4) is 0 Å². The van der Waals surface area contributed by atoms with E-state index in [1.807, 2.05) is 29.2 Å². The van der Waals surface area contributed by atoms with Gasteiger partial charge in [0.15, 0.2) is 0 Å². The van der Waals surface area contributed by atoms with Gasteiger partial charge in [-0.25, -0.2) is 0 Å². The minimum absolute atomic E-state index is 0.0143. The Labute approximate surface area is 179 Å². The van der Waals surface area contributed by atoms with Crippen molar-refractivity contribution in [3.63, 3.8) is 0 Å². The smallest absolute Gasteiger partial charge is 0.242 e. The zero-order valence-electron chi connectivity index (χ0n) is 18.1. The SMILES string of the molecule is COc1ccccc1CCNC(=O)[C@@H]1CCCN1C(=O)C12CC3CC(CC(C3)C1)C2. The van der Waals surface area contributed by atoms with Crippen LogP contribution in [0.25, 0.3) is 0 Å². The zero-order valence-corrected chi connectivity index (χ0v) is 18.1. The Morgan fingerprint density at radius 2 is 1.77 bits per heavy atom. The van der Waals surface area contributed by atoms with E-state index in [4.69, 9.17) is 4.74 Å². The fourth-order valence-corrected chi connectivity index (χ4v) is 7.31. The summed E-state index contributed by atoms with van der Waals surface area (Å²) in [5.41, 5.74) is 0.933. The van der Waals surface area contributed by atoms with Gasteiger partial charge in [0.25, 0.3) is 0 Å². The molecule has 0 spiro atoms. The molecular formula is C25H34N2O3. The molecule has 4 bridgehead atoms. The van der Waals surface area contributed by atoms with Crippen molar-refractivity contribution in [1.29, 1.82) is 0 Å². The van der Waals surface area contributed by atoms with Gasteiger partial charge in [0, 0.05) is 13.1 Å². The highest BCUT2D eigenvalue weighted by atomic mass is 16.5. The first-order valence-corrected chi connectivity index (χ1v) is 11.8. The maximum Gasteiger partial charge on any atom is 0.242 e. The van der Waals surface area contributed by atoms with Gasteiger partial charge < -0.3 is 15.0 Å². The highest BCUT2D eigenvalue weighted by Crippen LogP contribution is 2.60. The molecule has 1 aromatic carbocycles. The first-order valence-electron chi connectivity index (χ1n) is 11.8. The van der Waals surface area contributed by atoms with Crippen molar-refractivity contribution in [2.45, 2.75) is 63.8 Å². The summed E-state index contributed by atoms with van der Waals surface area (Å²) >= 11 is 0. The Morgan fingerprint density at radius 1 is 1.10 bits per heavy atom. The van der Waals surface area contributed by atoms with Crippen LogP contribution in [0, 0.1) is 23.2 Å². The van der Waals surface area contributed by atoms with E-state index in [0.717, 1.165) is 74.1 Å². The lowest BCUT2D eigenvalue weighted by Gasteiger charge is -2.56. The lowest BCUT2D eigenvalue weighted by atomic mass is 9.49. The van der Waals surface area contributed by atoms with Crippen molar-refractivity contribution < 1.29 is 14.3 Å². The molecule has 162 valence electrons. The Balaban J connectivity index is 1.22. The molecule has 4 saturated carbocycles. The van der Waals surface area contributed by atoms with Crippen molar-refractivity contribution >= 4 is 11.8 Å². The second kappa shape index (κ2) is 7.90. The average Bonchev–Trinajstić information content (AvgIpc) is 3.22. The Hall–Kier alpha value is -2.04. The van der Waals surface area contributed by atoms with Crippen molar-refractivity contribution in [3.05, 3.63) is 29.8 Å². The van der Waals surface area contributed by atoms with E-state index in [9.17, 15) is 9.59 Å². The molecule has 5 fully saturated rings. The van der Waals surface area contributed by atoms with Crippen LogP contribution in [0.2, 0.25) is 0 Å². The summed E-state index contributed by atoms with van der Waals surface area (Å²) in [4.78, 5) is 28.7. The summed E-state index contributed by atoms with van der Waals surface area (Å²) in [5.74, 6) is 3.40. The number of nitrogens with one attached hydrogen (secondary N) is 1. The van der Waals surface area contributed by atoms with E-state index < -0.39 is 0 Å². The van der Waals surface area contributed by atoms with E-state index in [1.165, 1.54) is 19.3 Å². The number of hydrogen-bond donors (Lipinski definition) is 1. The van der Waals surface area contributed by atoms with Crippen LogP contribution in [-0.4, -0.2) is 43.0 Å². The molecule has 5 nitrogen and oxygen atoms in total. The highest BCUT2D eigenvalue weighted by Gasteiger charge is 2.56. The van der Waals surface area contributed by atoms with Gasteiger partial charge in [0.1, 0.15) is 11.8 Å². The van der Waals surface area contributed by atoms with Crippen molar-refractivity contribution in [2.24, 2.45) is 23.2 Å². The Bertz CT molecular complexity index is 785. The van der Waals surface area contributed by atoms with E-state index in [0.29, 0.717) is 12.5 Å². The normalized spacial score (nSPS) is 34.2. The molecule has 0 unspecified atom stereocenters. The lowest BCUT2D eigenvalue weighted by molar-refractivity contribution is -0.160. The molecule has 1 aliphatic heterocycles. The van der Waals surface area contributed by atoms with E-state index in [2.05, 4.69) is 5.32 Å². The molecule has 1 N–H and O–H groups in total. The van der Waals surface area contributed by atoms with Crippen LogP contribution in [0.5, 0.6) is 5.75 Å². The van der Waals surface area contributed by atoms with Crippen LogP contribution < -0.4 is 10.1 Å². The predicted molar refractivity (Wildman–Crippen MR) is 115 cm³/mol. The second-order valence-electron chi connectivity index (χ2n) is 10.2. The second-order valence-corrected chi connectivity index (χ2v) is 10.2. The number of rotatable bonds is 6. The molecule has 1 saturated heterocycles. The average molecular weight is 411 g/mol. The molecule has 5 heteroatoms. The Morgan fingerprint density at radius 3 is 2.43 bits per heavy atom. The first-order chi connectivity index (χ1) is 14.6. The van der Waals surface area contributed by atoms with Gasteiger partial charge in [-0.2, -0.15) is 0 Å². The third-order valence-corrected chi connectivity index (χ3v) is 8.19. The fraction of sp³-hybridized carbons (Fsp3) is 0.680. The molecule has 30 heavy (non-hydrogen) atoms. The molecule has 0 aromatic heterocycles.